The molecule has 2 saturated carbocycles. The van der Waals surface area contributed by atoms with Crippen LogP contribution >= 0.6 is 0 Å². The van der Waals surface area contributed by atoms with Gasteiger partial charge in [-0.25, -0.2) is 9.67 Å². The first-order chi connectivity index (χ1) is 12.5. The molecule has 2 fully saturated rings. The maximum atomic E-state index is 12.9. The first-order valence-electron chi connectivity index (χ1n) is 9.78. The summed E-state index contributed by atoms with van der Waals surface area (Å²) >= 11 is 0. The van der Waals surface area contributed by atoms with E-state index in [1.54, 1.807) is 0 Å². The molecular weight excluding hydrogens is 324 g/mol. The van der Waals surface area contributed by atoms with Crippen molar-refractivity contribution < 1.29 is 4.79 Å². The molecule has 1 heterocycles. The number of hydrogen-bond acceptors (Lipinski definition) is 3. The zero-order valence-electron chi connectivity index (χ0n) is 15.9. The number of nitrogens with zero attached hydrogens (tertiary/aromatic N) is 3. The Kier molecular flexibility index (Phi) is 4.55. The highest BCUT2D eigenvalue weighted by molar-refractivity contribution is 5.79. The molecule has 0 radical (unpaired) electrons. The molecule has 5 heteroatoms. The minimum atomic E-state index is -0.119. The molecule has 0 unspecified atom stereocenters. The maximum Gasteiger partial charge on any atom is 0.224 e. The van der Waals surface area contributed by atoms with Crippen molar-refractivity contribution in [1.82, 2.24) is 20.1 Å². The van der Waals surface area contributed by atoms with Gasteiger partial charge >= 0.3 is 0 Å². The fourth-order valence-electron chi connectivity index (χ4n) is 5.01. The Hall–Kier alpha value is -2.17. The number of carbonyl (C=O) groups excluding carboxylic acids is 1. The van der Waals surface area contributed by atoms with Gasteiger partial charge in [-0.15, -0.1) is 0 Å². The third kappa shape index (κ3) is 3.04. The smallest absolute Gasteiger partial charge is 0.224 e. The topological polar surface area (TPSA) is 59.8 Å². The van der Waals surface area contributed by atoms with E-state index in [-0.39, 0.29) is 17.9 Å². The van der Waals surface area contributed by atoms with E-state index >= 15 is 0 Å². The van der Waals surface area contributed by atoms with E-state index in [0.717, 1.165) is 17.6 Å². The van der Waals surface area contributed by atoms with Gasteiger partial charge in [-0.05, 0) is 44.1 Å². The number of rotatable bonds is 5. The van der Waals surface area contributed by atoms with Crippen LogP contribution in [0.3, 0.4) is 0 Å². The lowest BCUT2D eigenvalue weighted by atomic mass is 9.59. The molecule has 5 atom stereocenters. The predicted octanol–water partition coefficient (Wildman–Crippen LogP) is 3.23. The van der Waals surface area contributed by atoms with Crippen molar-refractivity contribution in [3.05, 3.63) is 47.5 Å². The minimum absolute atomic E-state index is 0.119. The highest BCUT2D eigenvalue weighted by Gasteiger charge is 2.53. The summed E-state index contributed by atoms with van der Waals surface area (Å²) in [6, 6.07) is 11.0. The molecule has 2 aromatic rings. The van der Waals surface area contributed by atoms with Crippen LogP contribution < -0.4 is 5.32 Å². The molecule has 2 aliphatic carbocycles. The van der Waals surface area contributed by atoms with Crippen LogP contribution in [-0.4, -0.2) is 26.7 Å². The fraction of sp³-hybridized carbons (Fsp3) is 0.571. The van der Waals surface area contributed by atoms with E-state index in [1.807, 2.05) is 25.5 Å². The Balaban J connectivity index is 1.45. The fourth-order valence-corrected chi connectivity index (χ4v) is 5.01. The molecule has 0 saturated heterocycles. The van der Waals surface area contributed by atoms with E-state index in [0.29, 0.717) is 18.4 Å². The Morgan fingerprint density at radius 2 is 1.96 bits per heavy atom. The second-order valence-corrected chi connectivity index (χ2v) is 8.02. The van der Waals surface area contributed by atoms with Gasteiger partial charge in [-0.1, -0.05) is 43.7 Å². The quantitative estimate of drug-likeness (QED) is 0.899. The van der Waals surface area contributed by atoms with Crippen LogP contribution in [-0.2, 0) is 11.3 Å². The zero-order valence-corrected chi connectivity index (χ0v) is 15.9. The molecule has 26 heavy (non-hydrogen) atoms. The number of fused-ring (bicyclic) bond motifs is 1. The normalized spacial score (nSPS) is 28.3. The maximum absolute atomic E-state index is 12.9. The first kappa shape index (κ1) is 17.3. The van der Waals surface area contributed by atoms with E-state index in [4.69, 9.17) is 0 Å². The molecule has 1 amide bonds. The van der Waals surface area contributed by atoms with Gasteiger partial charge in [-0.3, -0.25) is 4.79 Å². The lowest BCUT2D eigenvalue weighted by molar-refractivity contribution is -0.127. The lowest BCUT2D eigenvalue weighted by Crippen LogP contribution is -2.57. The van der Waals surface area contributed by atoms with Gasteiger partial charge in [0.1, 0.15) is 11.6 Å². The summed E-state index contributed by atoms with van der Waals surface area (Å²) in [6.07, 6.45) is 3.83. The summed E-state index contributed by atoms with van der Waals surface area (Å²) in [5.74, 6) is 3.48. The van der Waals surface area contributed by atoms with E-state index in [2.05, 4.69) is 45.7 Å². The number of hydrogen-bond donors (Lipinski definition) is 1. The van der Waals surface area contributed by atoms with E-state index < -0.39 is 0 Å². The van der Waals surface area contributed by atoms with Crippen LogP contribution in [0.2, 0.25) is 0 Å². The zero-order chi connectivity index (χ0) is 18.3. The molecule has 0 spiro atoms. The standard InChI is InChI=1S/C21H28N4O/c1-13(12-25-15(3)22-14(2)24-25)21(26)23-20-18-11-7-10-17(18)19(20)16-8-5-4-6-9-16/h4-6,8-9,13,17-20H,7,10-12H2,1-3H3,(H,23,26)/t13-,17+,18+,19-,20+/m0/s1. The largest absolute Gasteiger partial charge is 0.352 e. The highest BCUT2D eigenvalue weighted by Crippen LogP contribution is 2.55. The van der Waals surface area contributed by atoms with Crippen LogP contribution in [0.1, 0.15) is 49.3 Å². The highest BCUT2D eigenvalue weighted by atomic mass is 16.2. The Labute approximate surface area is 155 Å². The van der Waals surface area contributed by atoms with Crippen molar-refractivity contribution in [1.29, 1.82) is 0 Å². The molecule has 138 valence electrons. The van der Waals surface area contributed by atoms with Crippen molar-refractivity contribution in [3.8, 4) is 0 Å². The van der Waals surface area contributed by atoms with Crippen molar-refractivity contribution in [3.63, 3.8) is 0 Å². The Bertz CT molecular complexity index is 785. The van der Waals surface area contributed by atoms with Gasteiger partial charge in [0.15, 0.2) is 0 Å². The van der Waals surface area contributed by atoms with Crippen molar-refractivity contribution in [2.45, 2.75) is 58.5 Å². The lowest BCUT2D eigenvalue weighted by Gasteiger charge is -2.50. The van der Waals surface area contributed by atoms with Crippen molar-refractivity contribution in [2.75, 3.05) is 0 Å². The molecule has 4 rings (SSSR count). The van der Waals surface area contributed by atoms with Crippen LogP contribution in [0.5, 0.6) is 0 Å². The minimum Gasteiger partial charge on any atom is -0.352 e. The second kappa shape index (κ2) is 6.86. The monoisotopic (exact) mass is 352 g/mol. The van der Waals surface area contributed by atoms with Gasteiger partial charge in [0.25, 0.3) is 0 Å². The molecule has 1 N–H and O–H groups in total. The van der Waals surface area contributed by atoms with Crippen molar-refractivity contribution in [2.24, 2.45) is 17.8 Å². The summed E-state index contributed by atoms with van der Waals surface area (Å²) < 4.78 is 1.84. The summed E-state index contributed by atoms with van der Waals surface area (Å²) in [7, 11) is 0. The number of aryl methyl sites for hydroxylation is 2. The molecule has 2 aliphatic rings. The molecular formula is C21H28N4O. The molecule has 1 aromatic carbocycles. The van der Waals surface area contributed by atoms with Gasteiger partial charge in [0, 0.05) is 12.0 Å². The van der Waals surface area contributed by atoms with Gasteiger partial charge in [-0.2, -0.15) is 5.10 Å². The van der Waals surface area contributed by atoms with Gasteiger partial charge in [0.2, 0.25) is 5.91 Å². The number of nitrogens with one attached hydrogen (secondary N) is 1. The third-order valence-corrected chi connectivity index (χ3v) is 6.28. The SMILES string of the molecule is Cc1nc(C)n(C[C@H](C)C(=O)N[C@@H]2[C@@H]3CCC[C@H]3[C@@H]2c2ccccc2)n1. The summed E-state index contributed by atoms with van der Waals surface area (Å²) in [6.45, 7) is 6.38. The average molecular weight is 352 g/mol. The Morgan fingerprint density at radius 1 is 1.23 bits per heavy atom. The number of carbonyl (C=O) groups is 1. The average Bonchev–Trinajstić information content (AvgIpc) is 3.16. The molecule has 0 bridgehead atoms. The van der Waals surface area contributed by atoms with Gasteiger partial charge in [0.05, 0.1) is 12.5 Å². The second-order valence-electron chi connectivity index (χ2n) is 8.02. The van der Waals surface area contributed by atoms with E-state index in [9.17, 15) is 4.79 Å². The number of aromatic nitrogens is 3. The molecule has 1 aromatic heterocycles. The molecule has 5 nitrogen and oxygen atoms in total. The summed E-state index contributed by atoms with van der Waals surface area (Å²) in [4.78, 5) is 17.2. The van der Waals surface area contributed by atoms with Crippen LogP contribution in [0, 0.1) is 31.6 Å². The Morgan fingerprint density at radius 3 is 2.65 bits per heavy atom. The van der Waals surface area contributed by atoms with E-state index in [1.165, 1.54) is 24.8 Å². The third-order valence-electron chi connectivity index (χ3n) is 6.28. The van der Waals surface area contributed by atoms with Gasteiger partial charge < -0.3 is 5.32 Å². The van der Waals surface area contributed by atoms with Crippen LogP contribution in [0.15, 0.2) is 30.3 Å². The number of benzene rings is 1. The van der Waals surface area contributed by atoms with Crippen molar-refractivity contribution >= 4 is 5.91 Å². The number of amides is 1. The van der Waals surface area contributed by atoms with Crippen LogP contribution in [0.4, 0.5) is 0 Å². The predicted molar refractivity (Wildman–Crippen MR) is 101 cm³/mol. The first-order valence-corrected chi connectivity index (χ1v) is 9.78. The molecule has 0 aliphatic heterocycles. The summed E-state index contributed by atoms with van der Waals surface area (Å²) in [5, 5.41) is 7.77. The summed E-state index contributed by atoms with van der Waals surface area (Å²) in [5.41, 5.74) is 1.37. The van der Waals surface area contributed by atoms with Crippen LogP contribution in [0.25, 0.3) is 0 Å².